The summed E-state index contributed by atoms with van der Waals surface area (Å²) < 4.78 is 0. The zero-order valence-electron chi connectivity index (χ0n) is 6.14. The maximum absolute atomic E-state index is 3.78. The van der Waals surface area contributed by atoms with Crippen LogP contribution in [0, 0.1) is 0 Å². The number of nitrogens with zero attached hydrogens (tertiary/aromatic N) is 1. The van der Waals surface area contributed by atoms with Gasteiger partial charge in [-0.25, -0.2) is 0 Å². The molecule has 2 nitrogen and oxygen atoms in total. The number of pyridine rings is 1. The van der Waals surface area contributed by atoms with Crippen molar-refractivity contribution < 1.29 is 0 Å². The van der Waals surface area contributed by atoms with Crippen molar-refractivity contribution in [3.63, 3.8) is 0 Å². The van der Waals surface area contributed by atoms with E-state index in [1.807, 2.05) is 42.7 Å². The van der Waals surface area contributed by atoms with Gasteiger partial charge in [0.1, 0.15) is 0 Å². The Morgan fingerprint density at radius 1 is 0.310 bits per heavy atom. The van der Waals surface area contributed by atoms with Gasteiger partial charge in [0, 0.05) is 24.8 Å². The Labute approximate surface area is 199 Å². The van der Waals surface area contributed by atoms with Crippen LogP contribution in [0.4, 0.5) is 0 Å². The summed E-state index contributed by atoms with van der Waals surface area (Å²) in [6.07, 6.45) is 7.25. The van der Waals surface area contributed by atoms with Crippen LogP contribution in [0.15, 0.2) is 55.1 Å². The number of aromatic nitrogens is 2. The maximum Gasteiger partial charge on any atom is 0.0267 e. The molecule has 2 aromatic rings. The normalized spacial score (nSPS) is 3.03. The molecule has 0 spiro atoms. The van der Waals surface area contributed by atoms with Gasteiger partial charge < -0.3 is 4.98 Å². The molecule has 2 heterocycles. The molecule has 0 bridgehead atoms. The molecular weight excluding hydrogens is 352 g/mol. The fraction of sp³-hybridized carbons (Fsp3) is 0.667. The number of aromatic amines is 1. The van der Waals surface area contributed by atoms with Crippen LogP contribution in [0.1, 0.15) is 134 Å². The standard InChI is InChI=1S/C5H5N.C4H5N.18CH4/c1-2-4-6-5-3-1;1-2-4-5-3-1;;;;;;;;;;;;;;;;;;/h1-5H;1-5H;18*1H4. The number of nitrogens with one attached hydrogen (secondary N) is 1. The van der Waals surface area contributed by atoms with Crippen molar-refractivity contribution in [3.05, 3.63) is 55.1 Å². The minimum atomic E-state index is 0. The van der Waals surface area contributed by atoms with E-state index in [0.717, 1.165) is 0 Å². The topological polar surface area (TPSA) is 28.7 Å². The molecule has 0 unspecified atom stereocenters. The quantitative estimate of drug-likeness (QED) is 0.438. The van der Waals surface area contributed by atoms with Crippen LogP contribution in [0.25, 0.3) is 0 Å². The lowest BCUT2D eigenvalue weighted by molar-refractivity contribution is 1.33. The SMILES string of the molecule is C.C.C.C.C.C.C.C.C.C.C.C.C.C.C.C.C.C.c1cc[nH]c1.c1ccncc1. The van der Waals surface area contributed by atoms with Crippen molar-refractivity contribution in [2.75, 3.05) is 0 Å². The van der Waals surface area contributed by atoms with E-state index < -0.39 is 0 Å². The zero-order valence-corrected chi connectivity index (χ0v) is 6.14. The minimum absolute atomic E-state index is 0. The second kappa shape index (κ2) is 192. The highest BCUT2D eigenvalue weighted by atomic mass is 14.6. The van der Waals surface area contributed by atoms with Crippen LogP contribution >= 0.6 is 0 Å². The van der Waals surface area contributed by atoms with Crippen LogP contribution in [0.5, 0.6) is 0 Å². The molecular formula is C27H82N2. The van der Waals surface area contributed by atoms with Gasteiger partial charge in [-0.05, 0) is 24.3 Å². The fourth-order valence-corrected chi connectivity index (χ4v) is 0.590. The van der Waals surface area contributed by atoms with Crippen LogP contribution in [0.2, 0.25) is 0 Å². The molecule has 1 N–H and O–H groups in total. The smallest absolute Gasteiger partial charge is 0.0267 e. The number of H-pyrrole nitrogens is 1. The minimum Gasteiger partial charge on any atom is -0.368 e. The Kier molecular flexibility index (Phi) is 1430. The van der Waals surface area contributed by atoms with Crippen LogP contribution < -0.4 is 0 Å². The van der Waals surface area contributed by atoms with E-state index in [9.17, 15) is 0 Å². The molecule has 0 aliphatic heterocycles. The number of rotatable bonds is 0. The van der Waals surface area contributed by atoms with E-state index in [-0.39, 0.29) is 134 Å². The first kappa shape index (κ1) is 215. The molecule has 2 aromatic heterocycles. The third kappa shape index (κ3) is 177. The second-order valence-electron chi connectivity index (χ2n) is 1.91. The van der Waals surface area contributed by atoms with Crippen molar-refractivity contribution in [2.24, 2.45) is 0 Å². The molecule has 0 saturated carbocycles. The largest absolute Gasteiger partial charge is 0.368 e. The molecule has 0 amide bonds. The Bertz CT molecular complexity index is 196. The van der Waals surface area contributed by atoms with Crippen molar-refractivity contribution in [2.45, 2.75) is 134 Å². The van der Waals surface area contributed by atoms with E-state index in [1.165, 1.54) is 0 Å². The summed E-state index contributed by atoms with van der Waals surface area (Å²) in [4.78, 5) is 6.65. The summed E-state index contributed by atoms with van der Waals surface area (Å²) in [7, 11) is 0. The average Bonchev–Trinajstić information content (AvgIpc) is 2.64. The molecule has 0 atom stereocenters. The lowest BCUT2D eigenvalue weighted by Crippen LogP contribution is -1.58. The summed E-state index contributed by atoms with van der Waals surface area (Å²) in [6, 6.07) is 9.60. The number of hydrogen-bond donors (Lipinski definition) is 1. The lowest BCUT2D eigenvalue weighted by atomic mass is 10.5. The first-order valence-electron chi connectivity index (χ1n) is 3.43. The van der Waals surface area contributed by atoms with Gasteiger partial charge >= 0.3 is 0 Å². The summed E-state index contributed by atoms with van der Waals surface area (Å²) >= 11 is 0. The molecule has 0 aromatic carbocycles. The van der Waals surface area contributed by atoms with Gasteiger partial charge in [-0.1, -0.05) is 140 Å². The highest BCUT2D eigenvalue weighted by molar-refractivity contribution is 4.88. The molecule has 29 heavy (non-hydrogen) atoms. The van der Waals surface area contributed by atoms with Crippen molar-refractivity contribution in [3.8, 4) is 0 Å². The van der Waals surface area contributed by atoms with Gasteiger partial charge in [0.25, 0.3) is 0 Å². The second-order valence-corrected chi connectivity index (χ2v) is 1.91. The number of hydrogen-bond acceptors (Lipinski definition) is 1. The molecule has 2 heteroatoms. The Hall–Kier alpha value is -1.57. The van der Waals surface area contributed by atoms with Gasteiger partial charge in [0.05, 0.1) is 0 Å². The Morgan fingerprint density at radius 2 is 0.552 bits per heavy atom. The first-order valence-corrected chi connectivity index (χ1v) is 3.43. The zero-order chi connectivity index (χ0) is 7.78. The molecule has 0 radical (unpaired) electrons. The van der Waals surface area contributed by atoms with Gasteiger partial charge in [0.15, 0.2) is 0 Å². The van der Waals surface area contributed by atoms with Crippen molar-refractivity contribution in [1.82, 2.24) is 9.97 Å². The van der Waals surface area contributed by atoms with Crippen molar-refractivity contribution in [1.29, 1.82) is 0 Å². The van der Waals surface area contributed by atoms with Crippen LogP contribution in [0.3, 0.4) is 0 Å². The van der Waals surface area contributed by atoms with Crippen LogP contribution in [-0.4, -0.2) is 9.97 Å². The van der Waals surface area contributed by atoms with E-state index >= 15 is 0 Å². The summed E-state index contributed by atoms with van der Waals surface area (Å²) in [5, 5.41) is 0. The van der Waals surface area contributed by atoms with Gasteiger partial charge in [-0.3, -0.25) is 4.98 Å². The third-order valence-corrected chi connectivity index (χ3v) is 1.06. The third-order valence-electron chi connectivity index (χ3n) is 1.06. The van der Waals surface area contributed by atoms with Gasteiger partial charge in [0.2, 0.25) is 0 Å². The molecule has 0 aliphatic carbocycles. The van der Waals surface area contributed by atoms with Gasteiger partial charge in [-0.15, -0.1) is 0 Å². The van der Waals surface area contributed by atoms with E-state index in [4.69, 9.17) is 0 Å². The van der Waals surface area contributed by atoms with E-state index in [2.05, 4.69) is 9.97 Å². The summed E-state index contributed by atoms with van der Waals surface area (Å²) in [5.41, 5.74) is 0. The first-order chi connectivity index (χ1) is 5.50. The highest BCUT2D eigenvalue weighted by Gasteiger charge is 1.58. The van der Waals surface area contributed by atoms with Crippen molar-refractivity contribution >= 4 is 0 Å². The predicted octanol–water partition coefficient (Wildman–Crippen LogP) is 13.5. The predicted molar refractivity (Wildman–Crippen MR) is 166 cm³/mol. The Morgan fingerprint density at radius 3 is 0.621 bits per heavy atom. The molecule has 2 rings (SSSR count). The molecule has 0 fully saturated rings. The lowest BCUT2D eigenvalue weighted by Gasteiger charge is -1.70. The molecule has 0 saturated heterocycles. The fourth-order valence-electron chi connectivity index (χ4n) is 0.590. The molecule has 0 aliphatic rings. The van der Waals surface area contributed by atoms with Gasteiger partial charge in [-0.2, -0.15) is 0 Å². The summed E-state index contributed by atoms with van der Waals surface area (Å²) in [6.45, 7) is 0. The van der Waals surface area contributed by atoms with E-state index in [1.54, 1.807) is 12.4 Å². The average molecular weight is 435 g/mol. The Balaban J connectivity index is -0.00000000323. The monoisotopic (exact) mass is 435 g/mol. The van der Waals surface area contributed by atoms with E-state index in [0.29, 0.717) is 0 Å². The highest BCUT2D eigenvalue weighted by Crippen LogP contribution is 1.73. The maximum atomic E-state index is 3.78. The van der Waals surface area contributed by atoms with Crippen LogP contribution in [-0.2, 0) is 0 Å². The molecule has 200 valence electrons. The summed E-state index contributed by atoms with van der Waals surface area (Å²) in [5.74, 6) is 0.